The molecule has 0 bridgehead atoms. The summed E-state index contributed by atoms with van der Waals surface area (Å²) in [5.74, 6) is -3.03. The van der Waals surface area contributed by atoms with Gasteiger partial charge in [-0.15, -0.1) is 0 Å². The Hall–Kier alpha value is -1.92. The number of hydrogen-bond acceptors (Lipinski definition) is 4. The van der Waals surface area contributed by atoms with E-state index in [0.717, 1.165) is 0 Å². The average molecular weight is 458 g/mol. The van der Waals surface area contributed by atoms with Crippen molar-refractivity contribution in [2.45, 2.75) is 108 Å². The van der Waals surface area contributed by atoms with Crippen LogP contribution in [0.2, 0.25) is 0 Å². The summed E-state index contributed by atoms with van der Waals surface area (Å²) in [6.45, 7) is 22.8. The van der Waals surface area contributed by atoms with Gasteiger partial charge in [-0.2, -0.15) is 0 Å². The lowest BCUT2D eigenvalue weighted by atomic mass is 9.73. The van der Waals surface area contributed by atoms with Crippen molar-refractivity contribution < 1.29 is 29.4 Å². The third-order valence-corrected chi connectivity index (χ3v) is 4.76. The molecule has 7 heteroatoms. The minimum absolute atomic E-state index is 0.0239. The van der Waals surface area contributed by atoms with Crippen molar-refractivity contribution in [1.29, 1.82) is 0 Å². The second-order valence-corrected chi connectivity index (χ2v) is 13.0. The van der Waals surface area contributed by atoms with E-state index >= 15 is 0 Å². The highest BCUT2D eigenvalue weighted by Gasteiger charge is 2.35. The van der Waals surface area contributed by atoms with Gasteiger partial charge in [-0.3, -0.25) is 19.2 Å². The molecule has 0 aromatic heterocycles. The van der Waals surface area contributed by atoms with Crippen LogP contribution in [0.15, 0.2) is 0 Å². The maximum absolute atomic E-state index is 12.1. The molecule has 0 heterocycles. The van der Waals surface area contributed by atoms with Gasteiger partial charge in [0.2, 0.25) is 5.91 Å². The Morgan fingerprint density at radius 2 is 1.09 bits per heavy atom. The Bertz CT molecular complexity index is 654. The van der Waals surface area contributed by atoms with E-state index in [4.69, 9.17) is 10.2 Å². The van der Waals surface area contributed by atoms with Gasteiger partial charge in [0.25, 0.3) is 0 Å². The third kappa shape index (κ3) is 15.8. The lowest BCUT2D eigenvalue weighted by Crippen LogP contribution is -2.43. The second kappa shape index (κ2) is 11.8. The molecule has 0 aliphatic carbocycles. The van der Waals surface area contributed by atoms with Crippen LogP contribution < -0.4 is 5.32 Å². The number of carboxylic acids is 2. The minimum atomic E-state index is -0.920. The van der Waals surface area contributed by atoms with Crippen molar-refractivity contribution in [3.05, 3.63) is 0 Å². The maximum atomic E-state index is 12.1. The quantitative estimate of drug-likeness (QED) is 0.485. The van der Waals surface area contributed by atoms with Crippen molar-refractivity contribution in [2.75, 3.05) is 0 Å². The summed E-state index contributed by atoms with van der Waals surface area (Å²) in [7, 11) is 0. The SMILES string of the molecule is CC(C)(C)CC(=O)C(CC(=O)O)C(C)(C)C.CC(C)(C)NC(=O)CC(C(=O)O)C(C)(C)C. The monoisotopic (exact) mass is 457 g/mol. The van der Waals surface area contributed by atoms with Gasteiger partial charge in [0, 0.05) is 24.3 Å². The number of carbonyl (C=O) groups is 4. The predicted octanol–water partition coefficient (Wildman–Crippen LogP) is 5.17. The number of ketones is 1. The zero-order chi connectivity index (χ0) is 26.3. The van der Waals surface area contributed by atoms with Gasteiger partial charge in [0.15, 0.2) is 0 Å². The Kier molecular flexibility index (Phi) is 11.9. The molecular formula is C25H47NO6. The maximum Gasteiger partial charge on any atom is 0.307 e. The first-order valence-electron chi connectivity index (χ1n) is 11.1. The van der Waals surface area contributed by atoms with E-state index in [1.165, 1.54) is 0 Å². The van der Waals surface area contributed by atoms with Crippen LogP contribution >= 0.6 is 0 Å². The molecule has 0 saturated heterocycles. The van der Waals surface area contributed by atoms with E-state index in [0.29, 0.717) is 6.42 Å². The first-order chi connectivity index (χ1) is 13.9. The van der Waals surface area contributed by atoms with Crippen molar-refractivity contribution >= 4 is 23.6 Å². The largest absolute Gasteiger partial charge is 0.481 e. The fraction of sp³-hybridized carbons (Fsp3) is 0.840. The van der Waals surface area contributed by atoms with Crippen LogP contribution in [0.3, 0.4) is 0 Å². The second-order valence-electron chi connectivity index (χ2n) is 13.0. The zero-order valence-electron chi connectivity index (χ0n) is 22.3. The highest BCUT2D eigenvalue weighted by molar-refractivity contribution is 5.86. The summed E-state index contributed by atoms with van der Waals surface area (Å²) in [6.07, 6.45) is 0.386. The van der Waals surface area contributed by atoms with Gasteiger partial charge in [-0.05, 0) is 37.0 Å². The summed E-state index contributed by atoms with van der Waals surface area (Å²) in [5.41, 5.74) is -1.11. The number of aliphatic carboxylic acids is 2. The molecule has 0 rings (SSSR count). The molecule has 7 nitrogen and oxygen atoms in total. The standard InChI is InChI=1S/C13H24O3.C12H23NO3/c1-12(2,3)8-10(14)9(7-11(15)16)13(4,5)6;1-11(2,3)8(10(15)16)7-9(14)13-12(4,5)6/h9H,7-8H2,1-6H3,(H,15,16);8H,7H2,1-6H3,(H,13,14)(H,15,16). The summed E-state index contributed by atoms with van der Waals surface area (Å²) >= 11 is 0. The smallest absolute Gasteiger partial charge is 0.307 e. The van der Waals surface area contributed by atoms with Crippen LogP contribution in [0.4, 0.5) is 0 Å². The molecule has 0 radical (unpaired) electrons. The van der Waals surface area contributed by atoms with E-state index in [9.17, 15) is 19.2 Å². The molecule has 1 amide bonds. The molecule has 0 spiro atoms. The first kappa shape index (κ1) is 32.3. The van der Waals surface area contributed by atoms with Crippen LogP contribution in [-0.4, -0.2) is 39.4 Å². The molecule has 0 saturated carbocycles. The number of hydrogen-bond donors (Lipinski definition) is 3. The van der Waals surface area contributed by atoms with Crippen molar-refractivity contribution in [1.82, 2.24) is 5.32 Å². The molecule has 0 aromatic rings. The summed E-state index contributed by atoms with van der Waals surface area (Å²) in [5, 5.41) is 20.7. The number of rotatable bonds is 7. The number of carbonyl (C=O) groups excluding carboxylic acids is 2. The Labute approximate surface area is 194 Å². The Balaban J connectivity index is 0. The van der Waals surface area contributed by atoms with E-state index < -0.39 is 29.2 Å². The van der Waals surface area contributed by atoms with E-state index in [2.05, 4.69) is 5.32 Å². The topological polar surface area (TPSA) is 121 Å². The highest BCUT2D eigenvalue weighted by atomic mass is 16.4. The summed E-state index contributed by atoms with van der Waals surface area (Å²) in [4.78, 5) is 45.6. The van der Waals surface area contributed by atoms with Crippen LogP contribution in [0.25, 0.3) is 0 Å². The third-order valence-electron chi connectivity index (χ3n) is 4.76. The molecular weight excluding hydrogens is 410 g/mol. The molecule has 32 heavy (non-hydrogen) atoms. The van der Waals surface area contributed by atoms with Gasteiger partial charge in [0.05, 0.1) is 12.3 Å². The van der Waals surface area contributed by atoms with Gasteiger partial charge in [0.1, 0.15) is 5.78 Å². The molecule has 0 fully saturated rings. The first-order valence-corrected chi connectivity index (χ1v) is 11.1. The number of nitrogens with one attached hydrogen (secondary N) is 1. The van der Waals surface area contributed by atoms with Gasteiger partial charge in [-0.25, -0.2) is 0 Å². The Morgan fingerprint density at radius 1 is 0.688 bits per heavy atom. The lowest BCUT2D eigenvalue weighted by Gasteiger charge is -2.30. The molecule has 0 aliphatic heterocycles. The van der Waals surface area contributed by atoms with Crippen molar-refractivity contribution in [3.8, 4) is 0 Å². The molecule has 0 aromatic carbocycles. The van der Waals surface area contributed by atoms with Crippen LogP contribution in [-0.2, 0) is 19.2 Å². The summed E-state index contributed by atoms with van der Waals surface area (Å²) in [6, 6.07) is 0. The molecule has 2 atom stereocenters. The normalized spacial score (nSPS) is 14.5. The average Bonchev–Trinajstić information content (AvgIpc) is 2.44. The molecule has 0 aliphatic rings. The predicted molar refractivity (Wildman–Crippen MR) is 127 cm³/mol. The molecule has 2 unspecified atom stereocenters. The zero-order valence-corrected chi connectivity index (χ0v) is 22.3. The van der Waals surface area contributed by atoms with Gasteiger partial charge >= 0.3 is 11.9 Å². The summed E-state index contributed by atoms with van der Waals surface area (Å²) < 4.78 is 0. The van der Waals surface area contributed by atoms with Gasteiger partial charge in [-0.1, -0.05) is 62.3 Å². The van der Waals surface area contributed by atoms with E-state index in [1.807, 2.05) is 83.1 Å². The minimum Gasteiger partial charge on any atom is -0.481 e. The number of amides is 1. The highest BCUT2D eigenvalue weighted by Crippen LogP contribution is 2.33. The fourth-order valence-corrected chi connectivity index (χ4v) is 3.14. The fourth-order valence-electron chi connectivity index (χ4n) is 3.14. The lowest BCUT2D eigenvalue weighted by molar-refractivity contribution is -0.148. The van der Waals surface area contributed by atoms with E-state index in [1.54, 1.807) is 0 Å². The van der Waals surface area contributed by atoms with Crippen LogP contribution in [0.5, 0.6) is 0 Å². The van der Waals surface area contributed by atoms with Crippen molar-refractivity contribution in [3.63, 3.8) is 0 Å². The molecule has 188 valence electrons. The Morgan fingerprint density at radius 3 is 1.34 bits per heavy atom. The van der Waals surface area contributed by atoms with Crippen LogP contribution in [0.1, 0.15) is 102 Å². The molecule has 3 N–H and O–H groups in total. The van der Waals surface area contributed by atoms with Crippen molar-refractivity contribution in [2.24, 2.45) is 28.1 Å². The number of Topliss-reactive ketones (excluding diaryl/α,β-unsaturated/α-hetero) is 1. The van der Waals surface area contributed by atoms with Gasteiger partial charge < -0.3 is 15.5 Å². The van der Waals surface area contributed by atoms with E-state index in [-0.39, 0.29) is 40.9 Å². The van der Waals surface area contributed by atoms with Crippen LogP contribution in [0, 0.1) is 28.1 Å². The number of carboxylic acid groups (broad SMARTS) is 2.